The van der Waals surface area contributed by atoms with Crippen molar-refractivity contribution in [2.75, 3.05) is 5.32 Å². The minimum Gasteiger partial charge on any atom is -0.325 e. The van der Waals surface area contributed by atoms with E-state index in [1.165, 1.54) is 0 Å². The van der Waals surface area contributed by atoms with Crippen LogP contribution in [0.15, 0.2) is 36.4 Å². The van der Waals surface area contributed by atoms with Crippen LogP contribution in [0, 0.1) is 0 Å². The Hall–Kier alpha value is -1.84. The lowest BCUT2D eigenvalue weighted by atomic mass is 10.00. The molecule has 0 fully saturated rings. The number of carbonyl (C=O) groups is 2. The molecule has 3 rings (SSSR count). The van der Waals surface area contributed by atoms with E-state index in [0.717, 1.165) is 5.56 Å². The van der Waals surface area contributed by atoms with Crippen LogP contribution in [-0.4, -0.2) is 11.7 Å². The van der Waals surface area contributed by atoms with Gasteiger partial charge in [-0.05, 0) is 42.0 Å². The van der Waals surface area contributed by atoms with E-state index in [0.29, 0.717) is 26.9 Å². The van der Waals surface area contributed by atoms with Crippen molar-refractivity contribution in [1.29, 1.82) is 0 Å². The van der Waals surface area contributed by atoms with Crippen LogP contribution in [0.4, 0.5) is 5.69 Å². The maximum Gasteiger partial charge on any atom is 0.228 e. The van der Waals surface area contributed by atoms with Gasteiger partial charge < -0.3 is 5.32 Å². The molecule has 1 heterocycles. The van der Waals surface area contributed by atoms with Gasteiger partial charge in [-0.3, -0.25) is 9.59 Å². The van der Waals surface area contributed by atoms with Gasteiger partial charge in [0, 0.05) is 21.8 Å². The topological polar surface area (TPSA) is 46.2 Å². The van der Waals surface area contributed by atoms with Crippen LogP contribution in [0.5, 0.6) is 0 Å². The van der Waals surface area contributed by atoms with E-state index in [9.17, 15) is 9.59 Å². The molecule has 0 unspecified atom stereocenters. The van der Waals surface area contributed by atoms with Crippen LogP contribution >= 0.6 is 23.2 Å². The summed E-state index contributed by atoms with van der Waals surface area (Å²) in [6.07, 6.45) is 0.271. The summed E-state index contributed by atoms with van der Waals surface area (Å²) < 4.78 is 0. The highest BCUT2D eigenvalue weighted by Crippen LogP contribution is 2.31. The Kier molecular flexibility index (Phi) is 3.24. The first-order valence-corrected chi connectivity index (χ1v) is 6.73. The van der Waals surface area contributed by atoms with Gasteiger partial charge in [-0.25, -0.2) is 0 Å². The minimum atomic E-state index is -0.186. The molecule has 0 saturated heterocycles. The lowest BCUT2D eigenvalue weighted by molar-refractivity contribution is -0.115. The van der Waals surface area contributed by atoms with E-state index in [1.807, 2.05) is 0 Å². The van der Waals surface area contributed by atoms with E-state index >= 15 is 0 Å². The maximum atomic E-state index is 12.4. The number of hydrogen-bond acceptors (Lipinski definition) is 2. The van der Waals surface area contributed by atoms with Crippen molar-refractivity contribution in [3.63, 3.8) is 0 Å². The van der Waals surface area contributed by atoms with Gasteiger partial charge in [0.2, 0.25) is 5.91 Å². The van der Waals surface area contributed by atoms with Crippen LogP contribution < -0.4 is 5.32 Å². The van der Waals surface area contributed by atoms with E-state index in [-0.39, 0.29) is 18.1 Å². The van der Waals surface area contributed by atoms with Crippen molar-refractivity contribution in [2.45, 2.75) is 6.42 Å². The lowest BCUT2D eigenvalue weighted by Gasteiger charge is -2.07. The van der Waals surface area contributed by atoms with E-state index in [4.69, 9.17) is 23.2 Å². The van der Waals surface area contributed by atoms with Gasteiger partial charge in [-0.1, -0.05) is 23.2 Å². The molecule has 0 saturated carbocycles. The fraction of sp³-hybridized carbons (Fsp3) is 0.0667. The third kappa shape index (κ3) is 2.30. The van der Waals surface area contributed by atoms with Gasteiger partial charge >= 0.3 is 0 Å². The number of carbonyl (C=O) groups excluding carboxylic acids is 2. The molecule has 20 heavy (non-hydrogen) atoms. The Balaban J connectivity index is 2.02. The highest BCUT2D eigenvalue weighted by atomic mass is 35.5. The molecule has 2 aromatic carbocycles. The Bertz CT molecular complexity index is 723. The van der Waals surface area contributed by atoms with Gasteiger partial charge in [-0.2, -0.15) is 0 Å². The van der Waals surface area contributed by atoms with Crippen molar-refractivity contribution in [2.24, 2.45) is 0 Å². The smallest absolute Gasteiger partial charge is 0.228 e. The van der Waals surface area contributed by atoms with Crippen LogP contribution in [0.25, 0.3) is 0 Å². The van der Waals surface area contributed by atoms with Gasteiger partial charge in [0.05, 0.1) is 11.4 Å². The summed E-state index contributed by atoms with van der Waals surface area (Å²) >= 11 is 11.9. The number of anilines is 1. The molecule has 0 aliphatic carbocycles. The van der Waals surface area contributed by atoms with Crippen molar-refractivity contribution in [1.82, 2.24) is 0 Å². The second-order valence-corrected chi connectivity index (χ2v) is 5.39. The zero-order valence-corrected chi connectivity index (χ0v) is 11.8. The van der Waals surface area contributed by atoms with Crippen molar-refractivity contribution in [3.8, 4) is 0 Å². The molecular weight excluding hydrogens is 297 g/mol. The fourth-order valence-corrected chi connectivity index (χ4v) is 2.55. The molecule has 0 radical (unpaired) electrons. The maximum absolute atomic E-state index is 12.4. The van der Waals surface area contributed by atoms with E-state index in [1.54, 1.807) is 36.4 Å². The Morgan fingerprint density at radius 2 is 1.80 bits per heavy atom. The Morgan fingerprint density at radius 3 is 2.50 bits per heavy atom. The third-order valence-electron chi connectivity index (χ3n) is 3.17. The minimum absolute atomic E-state index is 0.0906. The average molecular weight is 306 g/mol. The summed E-state index contributed by atoms with van der Waals surface area (Å²) in [5, 5.41) is 3.59. The van der Waals surface area contributed by atoms with Crippen molar-refractivity contribution in [3.05, 3.63) is 63.1 Å². The summed E-state index contributed by atoms with van der Waals surface area (Å²) in [5.74, 6) is -0.277. The zero-order valence-electron chi connectivity index (χ0n) is 10.2. The molecule has 0 bridgehead atoms. The number of nitrogens with one attached hydrogen (secondary N) is 1. The quantitative estimate of drug-likeness (QED) is 0.860. The highest BCUT2D eigenvalue weighted by molar-refractivity contribution is 6.35. The number of hydrogen-bond donors (Lipinski definition) is 1. The third-order valence-corrected chi connectivity index (χ3v) is 3.73. The standard InChI is InChI=1S/C15H9Cl2NO2/c16-10-3-1-8(2-4-10)15(20)11-5-9-6-14(19)18-13(9)7-12(11)17/h1-5,7H,6H2,(H,18,19). The van der Waals surface area contributed by atoms with Gasteiger partial charge in [-0.15, -0.1) is 0 Å². The average Bonchev–Trinajstić information content (AvgIpc) is 2.77. The summed E-state index contributed by atoms with van der Waals surface area (Å²) in [6.45, 7) is 0. The molecule has 0 atom stereocenters. The first-order chi connectivity index (χ1) is 9.54. The molecule has 1 amide bonds. The molecule has 1 aliphatic heterocycles. The monoisotopic (exact) mass is 305 g/mol. The van der Waals surface area contributed by atoms with E-state index < -0.39 is 0 Å². The number of halogens is 2. The Morgan fingerprint density at radius 1 is 1.10 bits per heavy atom. The first kappa shape index (κ1) is 13.2. The molecule has 0 spiro atoms. The largest absolute Gasteiger partial charge is 0.325 e. The SMILES string of the molecule is O=C1Cc2cc(C(=O)c3ccc(Cl)cc3)c(Cl)cc2N1. The molecule has 2 aromatic rings. The van der Waals surface area contributed by atoms with Crippen molar-refractivity contribution < 1.29 is 9.59 Å². The zero-order chi connectivity index (χ0) is 14.3. The fourth-order valence-electron chi connectivity index (χ4n) is 2.18. The Labute approximate surface area is 125 Å². The molecule has 5 heteroatoms. The van der Waals surface area contributed by atoms with Crippen LogP contribution in [0.2, 0.25) is 10.0 Å². The summed E-state index contributed by atoms with van der Waals surface area (Å²) in [6, 6.07) is 9.90. The van der Waals surface area contributed by atoms with Crippen LogP contribution in [0.1, 0.15) is 21.5 Å². The number of rotatable bonds is 2. The van der Waals surface area contributed by atoms with E-state index in [2.05, 4.69) is 5.32 Å². The van der Waals surface area contributed by atoms with Crippen molar-refractivity contribution >= 4 is 40.6 Å². The summed E-state index contributed by atoms with van der Waals surface area (Å²) in [5.41, 5.74) is 2.36. The van der Waals surface area contributed by atoms with Crippen LogP contribution in [0.3, 0.4) is 0 Å². The number of fused-ring (bicyclic) bond motifs is 1. The lowest BCUT2D eigenvalue weighted by Crippen LogP contribution is -2.03. The molecule has 100 valence electrons. The second-order valence-electron chi connectivity index (χ2n) is 4.55. The second kappa shape index (κ2) is 4.93. The highest BCUT2D eigenvalue weighted by Gasteiger charge is 2.22. The van der Waals surface area contributed by atoms with Gasteiger partial charge in [0.1, 0.15) is 0 Å². The van der Waals surface area contributed by atoms with Gasteiger partial charge in [0.25, 0.3) is 0 Å². The molecule has 3 nitrogen and oxygen atoms in total. The molecule has 0 aromatic heterocycles. The normalized spacial score (nSPS) is 13.0. The summed E-state index contributed by atoms with van der Waals surface area (Å²) in [4.78, 5) is 23.8. The predicted octanol–water partition coefficient (Wildman–Crippen LogP) is 3.72. The predicted molar refractivity (Wildman–Crippen MR) is 78.7 cm³/mol. The number of amides is 1. The summed E-state index contributed by atoms with van der Waals surface area (Å²) in [7, 11) is 0. The molecular formula is C15H9Cl2NO2. The number of ketones is 1. The molecule has 1 N–H and O–H groups in total. The van der Waals surface area contributed by atoms with Crippen LogP contribution in [-0.2, 0) is 11.2 Å². The van der Waals surface area contributed by atoms with Gasteiger partial charge in [0.15, 0.2) is 5.78 Å². The molecule has 1 aliphatic rings. The first-order valence-electron chi connectivity index (χ1n) is 5.97. The number of benzene rings is 2.